The van der Waals surface area contributed by atoms with Crippen molar-refractivity contribution in [2.45, 2.75) is 13.0 Å². The van der Waals surface area contributed by atoms with Crippen molar-refractivity contribution in [1.82, 2.24) is 0 Å². The van der Waals surface area contributed by atoms with E-state index in [0.717, 1.165) is 0 Å². The maximum atomic E-state index is 10.9. The molecule has 0 saturated heterocycles. The Balaban J connectivity index is 2.34. The van der Waals surface area contributed by atoms with Crippen molar-refractivity contribution in [1.29, 1.82) is 0 Å². The normalized spacial score (nSPS) is 11.9. The highest BCUT2D eigenvalue weighted by atomic mass is 16.6. The fourth-order valence-electron chi connectivity index (χ4n) is 1.97. The molecule has 2 rings (SSSR count). The lowest BCUT2D eigenvalue weighted by molar-refractivity contribution is -0.385. The summed E-state index contributed by atoms with van der Waals surface area (Å²) < 4.78 is 5.05. The van der Waals surface area contributed by atoms with Crippen molar-refractivity contribution in [2.75, 3.05) is 7.11 Å². The molecule has 0 aliphatic carbocycles. The van der Waals surface area contributed by atoms with E-state index in [4.69, 9.17) is 4.74 Å². The first-order valence-electron chi connectivity index (χ1n) is 6.10. The second-order valence-electron chi connectivity index (χ2n) is 4.48. The number of hydrogen-bond donors (Lipinski definition) is 1. The molecule has 5 heteroatoms. The molecule has 0 amide bonds. The second kappa shape index (κ2) is 5.71. The minimum Gasteiger partial charge on any atom is -0.497 e. The molecule has 0 aliphatic rings. The van der Waals surface area contributed by atoms with Crippen LogP contribution in [0.4, 0.5) is 5.69 Å². The zero-order valence-corrected chi connectivity index (χ0v) is 11.2. The molecular formula is C15H15NO4. The Morgan fingerprint density at radius 1 is 1.15 bits per heavy atom. The fraction of sp³-hybridized carbons (Fsp3) is 0.200. The Bertz CT molecular complexity index is 622. The van der Waals surface area contributed by atoms with Gasteiger partial charge in [0.1, 0.15) is 11.9 Å². The van der Waals surface area contributed by atoms with Crippen LogP contribution in [0.2, 0.25) is 0 Å². The molecule has 20 heavy (non-hydrogen) atoms. The van der Waals surface area contributed by atoms with E-state index in [0.29, 0.717) is 22.4 Å². The van der Waals surface area contributed by atoms with Gasteiger partial charge in [0.25, 0.3) is 5.69 Å². The summed E-state index contributed by atoms with van der Waals surface area (Å²) in [5, 5.41) is 21.2. The second-order valence-corrected chi connectivity index (χ2v) is 4.48. The summed E-state index contributed by atoms with van der Waals surface area (Å²) >= 11 is 0. The minimum atomic E-state index is -0.903. The van der Waals surface area contributed by atoms with E-state index < -0.39 is 11.0 Å². The van der Waals surface area contributed by atoms with Crippen LogP contribution in [0.15, 0.2) is 42.5 Å². The van der Waals surface area contributed by atoms with Gasteiger partial charge in [-0.15, -0.1) is 0 Å². The number of nitrogens with zero attached hydrogens (tertiary/aromatic N) is 1. The largest absolute Gasteiger partial charge is 0.497 e. The molecule has 0 heterocycles. The Morgan fingerprint density at radius 2 is 1.75 bits per heavy atom. The number of aryl methyl sites for hydroxylation is 1. The number of rotatable bonds is 4. The Kier molecular flexibility index (Phi) is 4.00. The number of aliphatic hydroxyl groups excluding tert-OH is 1. The molecule has 104 valence electrons. The van der Waals surface area contributed by atoms with E-state index in [1.807, 2.05) is 0 Å². The average molecular weight is 273 g/mol. The van der Waals surface area contributed by atoms with Gasteiger partial charge in [-0.05, 0) is 30.2 Å². The van der Waals surface area contributed by atoms with Gasteiger partial charge >= 0.3 is 0 Å². The molecular weight excluding hydrogens is 258 g/mol. The molecule has 2 aromatic rings. The number of nitro benzene ring substituents is 1. The van der Waals surface area contributed by atoms with Gasteiger partial charge in [-0.1, -0.05) is 24.3 Å². The molecule has 0 radical (unpaired) electrons. The predicted molar refractivity (Wildman–Crippen MR) is 74.9 cm³/mol. The van der Waals surface area contributed by atoms with Crippen LogP contribution >= 0.6 is 0 Å². The monoisotopic (exact) mass is 273 g/mol. The minimum absolute atomic E-state index is 0.00932. The summed E-state index contributed by atoms with van der Waals surface area (Å²) in [7, 11) is 1.56. The van der Waals surface area contributed by atoms with Crippen LogP contribution in [0.1, 0.15) is 22.8 Å². The van der Waals surface area contributed by atoms with Crippen molar-refractivity contribution in [3.05, 3.63) is 69.3 Å². The van der Waals surface area contributed by atoms with Crippen LogP contribution < -0.4 is 4.74 Å². The lowest BCUT2D eigenvalue weighted by Crippen LogP contribution is -2.01. The quantitative estimate of drug-likeness (QED) is 0.686. The Morgan fingerprint density at radius 3 is 2.30 bits per heavy atom. The molecule has 0 bridgehead atoms. The number of benzene rings is 2. The summed E-state index contributed by atoms with van der Waals surface area (Å²) in [4.78, 5) is 10.5. The topological polar surface area (TPSA) is 72.6 Å². The average Bonchev–Trinajstić information content (AvgIpc) is 2.47. The number of hydrogen-bond acceptors (Lipinski definition) is 4. The first kappa shape index (κ1) is 14.0. The number of methoxy groups -OCH3 is 1. The zero-order chi connectivity index (χ0) is 14.7. The highest BCUT2D eigenvalue weighted by molar-refractivity contribution is 5.45. The van der Waals surface area contributed by atoms with Crippen molar-refractivity contribution in [2.24, 2.45) is 0 Å². The zero-order valence-electron chi connectivity index (χ0n) is 11.2. The Labute approximate surface area is 116 Å². The predicted octanol–water partition coefficient (Wildman–Crippen LogP) is 2.99. The number of nitro groups is 1. The van der Waals surface area contributed by atoms with Crippen molar-refractivity contribution in [3.63, 3.8) is 0 Å². The van der Waals surface area contributed by atoms with Crippen LogP contribution in [0, 0.1) is 17.0 Å². The summed E-state index contributed by atoms with van der Waals surface area (Å²) in [6.45, 7) is 1.67. The van der Waals surface area contributed by atoms with E-state index in [1.165, 1.54) is 6.07 Å². The maximum Gasteiger partial charge on any atom is 0.272 e. The van der Waals surface area contributed by atoms with E-state index in [1.54, 1.807) is 50.4 Å². The van der Waals surface area contributed by atoms with E-state index in [9.17, 15) is 15.2 Å². The third kappa shape index (κ3) is 2.78. The van der Waals surface area contributed by atoms with Crippen LogP contribution in [-0.2, 0) is 0 Å². The molecule has 0 spiro atoms. The van der Waals surface area contributed by atoms with Gasteiger partial charge in [0.15, 0.2) is 0 Å². The highest BCUT2D eigenvalue weighted by Crippen LogP contribution is 2.28. The first-order chi connectivity index (χ1) is 9.52. The lowest BCUT2D eigenvalue weighted by Gasteiger charge is -2.12. The molecule has 2 aromatic carbocycles. The molecule has 0 aromatic heterocycles. The Hall–Kier alpha value is -2.40. The van der Waals surface area contributed by atoms with Gasteiger partial charge in [-0.2, -0.15) is 0 Å². The SMILES string of the molecule is COc1ccc([C@@H](O)c2ccc(C)c([N+](=O)[O-])c2)cc1. The third-order valence-corrected chi connectivity index (χ3v) is 3.18. The van der Waals surface area contributed by atoms with Crippen LogP contribution in [-0.4, -0.2) is 17.1 Å². The van der Waals surface area contributed by atoms with E-state index in [-0.39, 0.29) is 5.69 Å². The van der Waals surface area contributed by atoms with E-state index in [2.05, 4.69) is 0 Å². The summed E-state index contributed by atoms with van der Waals surface area (Å²) in [5.74, 6) is 0.691. The highest BCUT2D eigenvalue weighted by Gasteiger charge is 2.16. The smallest absolute Gasteiger partial charge is 0.272 e. The number of ether oxygens (including phenoxy) is 1. The van der Waals surface area contributed by atoms with Gasteiger partial charge in [0.2, 0.25) is 0 Å². The molecule has 5 nitrogen and oxygen atoms in total. The number of aliphatic hydroxyl groups is 1. The van der Waals surface area contributed by atoms with Gasteiger partial charge in [0, 0.05) is 11.6 Å². The maximum absolute atomic E-state index is 10.9. The van der Waals surface area contributed by atoms with Crippen molar-refractivity contribution < 1.29 is 14.8 Å². The fourth-order valence-corrected chi connectivity index (χ4v) is 1.97. The van der Waals surface area contributed by atoms with Gasteiger partial charge in [-0.25, -0.2) is 0 Å². The standard InChI is InChI=1S/C15H15NO4/c1-10-3-4-12(9-14(10)16(18)19)15(17)11-5-7-13(20-2)8-6-11/h3-9,15,17H,1-2H3/t15-/m1/s1. The van der Waals surface area contributed by atoms with Crippen LogP contribution in [0.25, 0.3) is 0 Å². The third-order valence-electron chi connectivity index (χ3n) is 3.18. The van der Waals surface area contributed by atoms with Crippen molar-refractivity contribution in [3.8, 4) is 5.75 Å². The van der Waals surface area contributed by atoms with Gasteiger partial charge < -0.3 is 9.84 Å². The molecule has 0 aliphatic heterocycles. The molecule has 0 saturated carbocycles. The molecule has 1 atom stereocenters. The van der Waals surface area contributed by atoms with Crippen molar-refractivity contribution >= 4 is 5.69 Å². The van der Waals surface area contributed by atoms with Crippen LogP contribution in [0.3, 0.4) is 0 Å². The molecule has 0 fully saturated rings. The lowest BCUT2D eigenvalue weighted by atomic mass is 9.99. The van der Waals surface area contributed by atoms with Crippen LogP contribution in [0.5, 0.6) is 5.75 Å². The van der Waals surface area contributed by atoms with E-state index >= 15 is 0 Å². The summed E-state index contributed by atoms with van der Waals surface area (Å²) in [6, 6.07) is 11.7. The summed E-state index contributed by atoms with van der Waals surface area (Å²) in [6.07, 6.45) is -0.903. The molecule has 0 unspecified atom stereocenters. The summed E-state index contributed by atoms with van der Waals surface area (Å²) in [5.41, 5.74) is 1.73. The molecule has 1 N–H and O–H groups in total. The van der Waals surface area contributed by atoms with Gasteiger partial charge in [0.05, 0.1) is 12.0 Å². The van der Waals surface area contributed by atoms with Gasteiger partial charge in [-0.3, -0.25) is 10.1 Å². The first-order valence-corrected chi connectivity index (χ1v) is 6.10.